The average Bonchev–Trinajstić information content (AvgIpc) is 2.29. The third kappa shape index (κ3) is 4.00. The van der Waals surface area contributed by atoms with Crippen molar-refractivity contribution in [3.63, 3.8) is 0 Å². The van der Waals surface area contributed by atoms with E-state index in [-0.39, 0.29) is 5.92 Å². The van der Waals surface area contributed by atoms with Crippen LogP contribution < -0.4 is 5.73 Å². The van der Waals surface area contributed by atoms with Gasteiger partial charge in [-0.3, -0.25) is 0 Å². The number of nitrogens with two attached hydrogens (primary N) is 1. The van der Waals surface area contributed by atoms with Crippen LogP contribution >= 0.6 is 0 Å². The molecule has 3 N–H and O–H groups in total. The largest absolute Gasteiger partial charge is 0.478 e. The maximum absolute atomic E-state index is 11.3. The van der Waals surface area contributed by atoms with Gasteiger partial charge in [-0.2, -0.15) is 0 Å². The van der Waals surface area contributed by atoms with Gasteiger partial charge in [0, 0.05) is 5.57 Å². The fourth-order valence-electron chi connectivity index (χ4n) is 2.14. The number of rotatable bonds is 6. The summed E-state index contributed by atoms with van der Waals surface area (Å²) in [6.07, 6.45) is 1.30. The lowest BCUT2D eigenvalue weighted by Crippen LogP contribution is -2.14. The zero-order chi connectivity index (χ0) is 13.5. The minimum Gasteiger partial charge on any atom is -0.478 e. The van der Waals surface area contributed by atoms with E-state index in [1.54, 1.807) is 0 Å². The first-order valence-corrected chi connectivity index (χ1v) is 6.25. The second-order valence-electron chi connectivity index (χ2n) is 4.68. The molecular formula is C15H21NO2. The third-order valence-electron chi connectivity index (χ3n) is 2.90. The Morgan fingerprint density at radius 3 is 2.33 bits per heavy atom. The van der Waals surface area contributed by atoms with Crippen LogP contribution in [-0.2, 0) is 11.2 Å². The smallest absolute Gasteiger partial charge is 0.331 e. The molecule has 98 valence electrons. The van der Waals surface area contributed by atoms with Gasteiger partial charge in [0.15, 0.2) is 0 Å². The van der Waals surface area contributed by atoms with Crippen LogP contribution in [0.1, 0.15) is 25.8 Å². The SMILES string of the molecule is CC(C)C(C(=O)O)=C(CCN)Cc1ccccc1. The van der Waals surface area contributed by atoms with E-state index in [1.165, 1.54) is 0 Å². The summed E-state index contributed by atoms with van der Waals surface area (Å²) in [4.78, 5) is 11.3. The van der Waals surface area contributed by atoms with Gasteiger partial charge in [0.25, 0.3) is 0 Å². The van der Waals surface area contributed by atoms with Crippen LogP contribution in [0.2, 0.25) is 0 Å². The Balaban J connectivity index is 3.07. The first-order valence-electron chi connectivity index (χ1n) is 6.25. The molecule has 0 bridgehead atoms. The van der Waals surface area contributed by atoms with Crippen molar-refractivity contribution in [1.82, 2.24) is 0 Å². The van der Waals surface area contributed by atoms with Crippen LogP contribution in [0.15, 0.2) is 41.5 Å². The van der Waals surface area contributed by atoms with Crippen molar-refractivity contribution >= 4 is 5.97 Å². The molecule has 0 aliphatic heterocycles. The van der Waals surface area contributed by atoms with E-state index in [2.05, 4.69) is 0 Å². The zero-order valence-corrected chi connectivity index (χ0v) is 11.0. The van der Waals surface area contributed by atoms with Crippen molar-refractivity contribution in [2.45, 2.75) is 26.7 Å². The normalized spacial score (nSPS) is 12.4. The van der Waals surface area contributed by atoms with Gasteiger partial charge in [0.05, 0.1) is 0 Å². The fraction of sp³-hybridized carbons (Fsp3) is 0.400. The third-order valence-corrected chi connectivity index (χ3v) is 2.90. The Kier molecular flexibility index (Phi) is 5.59. The standard InChI is InChI=1S/C15H21NO2/c1-11(2)14(15(17)18)13(8-9-16)10-12-6-4-3-5-7-12/h3-7,11H,8-10,16H2,1-2H3,(H,17,18). The zero-order valence-electron chi connectivity index (χ0n) is 11.0. The number of carbonyl (C=O) groups is 1. The molecule has 0 heterocycles. The molecule has 0 fully saturated rings. The molecule has 0 spiro atoms. The van der Waals surface area contributed by atoms with Gasteiger partial charge in [-0.15, -0.1) is 0 Å². The van der Waals surface area contributed by atoms with Crippen molar-refractivity contribution in [3.8, 4) is 0 Å². The van der Waals surface area contributed by atoms with Gasteiger partial charge < -0.3 is 10.8 Å². The topological polar surface area (TPSA) is 63.3 Å². The summed E-state index contributed by atoms with van der Waals surface area (Å²) in [5.74, 6) is -0.822. The Bertz CT molecular complexity index is 421. The summed E-state index contributed by atoms with van der Waals surface area (Å²) < 4.78 is 0. The Morgan fingerprint density at radius 2 is 1.89 bits per heavy atom. The number of aliphatic carboxylic acids is 1. The minimum atomic E-state index is -0.829. The molecule has 1 aromatic rings. The van der Waals surface area contributed by atoms with Gasteiger partial charge in [0.2, 0.25) is 0 Å². The summed E-state index contributed by atoms with van der Waals surface area (Å²) in [7, 11) is 0. The highest BCUT2D eigenvalue weighted by atomic mass is 16.4. The second kappa shape index (κ2) is 6.97. The lowest BCUT2D eigenvalue weighted by molar-refractivity contribution is -0.133. The van der Waals surface area contributed by atoms with E-state index >= 15 is 0 Å². The van der Waals surface area contributed by atoms with Gasteiger partial charge >= 0.3 is 5.97 Å². The molecule has 1 rings (SSSR count). The molecule has 0 saturated heterocycles. The molecule has 0 saturated carbocycles. The molecule has 18 heavy (non-hydrogen) atoms. The summed E-state index contributed by atoms with van der Waals surface area (Å²) in [5, 5.41) is 9.32. The number of carboxylic acids is 1. The Hall–Kier alpha value is -1.61. The van der Waals surface area contributed by atoms with E-state index in [4.69, 9.17) is 5.73 Å². The minimum absolute atomic E-state index is 0.00719. The van der Waals surface area contributed by atoms with Crippen LogP contribution in [0.25, 0.3) is 0 Å². The summed E-state index contributed by atoms with van der Waals surface area (Å²) in [6.45, 7) is 4.29. The van der Waals surface area contributed by atoms with Gasteiger partial charge in [-0.05, 0) is 30.9 Å². The van der Waals surface area contributed by atoms with E-state index in [1.807, 2.05) is 44.2 Å². The van der Waals surface area contributed by atoms with E-state index in [0.717, 1.165) is 11.1 Å². The second-order valence-corrected chi connectivity index (χ2v) is 4.68. The van der Waals surface area contributed by atoms with Gasteiger partial charge in [-0.25, -0.2) is 4.79 Å². The molecule has 3 nitrogen and oxygen atoms in total. The fourth-order valence-corrected chi connectivity index (χ4v) is 2.14. The first kappa shape index (κ1) is 14.5. The summed E-state index contributed by atoms with van der Waals surface area (Å²) in [5.41, 5.74) is 8.16. The molecule has 1 aromatic carbocycles. The Labute approximate surface area is 108 Å². The monoisotopic (exact) mass is 247 g/mol. The van der Waals surface area contributed by atoms with Crippen molar-refractivity contribution in [2.24, 2.45) is 11.7 Å². The highest BCUT2D eigenvalue weighted by molar-refractivity contribution is 5.88. The Morgan fingerprint density at radius 1 is 1.28 bits per heavy atom. The molecule has 0 unspecified atom stereocenters. The van der Waals surface area contributed by atoms with Gasteiger partial charge in [0.1, 0.15) is 0 Å². The van der Waals surface area contributed by atoms with Crippen LogP contribution in [-0.4, -0.2) is 17.6 Å². The average molecular weight is 247 g/mol. The highest BCUT2D eigenvalue weighted by Crippen LogP contribution is 2.21. The molecule has 0 atom stereocenters. The molecule has 0 aliphatic rings. The van der Waals surface area contributed by atoms with Crippen LogP contribution in [0.3, 0.4) is 0 Å². The van der Waals surface area contributed by atoms with Crippen molar-refractivity contribution in [2.75, 3.05) is 6.54 Å². The highest BCUT2D eigenvalue weighted by Gasteiger charge is 2.17. The van der Waals surface area contributed by atoms with E-state index in [9.17, 15) is 9.90 Å². The van der Waals surface area contributed by atoms with Crippen LogP contribution in [0.4, 0.5) is 0 Å². The van der Waals surface area contributed by atoms with E-state index in [0.29, 0.717) is 25.0 Å². The summed E-state index contributed by atoms with van der Waals surface area (Å²) >= 11 is 0. The predicted molar refractivity (Wildman–Crippen MR) is 73.3 cm³/mol. The van der Waals surface area contributed by atoms with E-state index < -0.39 is 5.97 Å². The molecule has 0 amide bonds. The van der Waals surface area contributed by atoms with Crippen molar-refractivity contribution in [1.29, 1.82) is 0 Å². The number of carboxylic acid groups (broad SMARTS) is 1. The maximum atomic E-state index is 11.3. The number of benzene rings is 1. The van der Waals surface area contributed by atoms with Crippen LogP contribution in [0, 0.1) is 5.92 Å². The quantitative estimate of drug-likeness (QED) is 0.759. The molecule has 3 heteroatoms. The van der Waals surface area contributed by atoms with Crippen LogP contribution in [0.5, 0.6) is 0 Å². The lowest BCUT2D eigenvalue weighted by Gasteiger charge is -2.15. The first-order chi connectivity index (χ1) is 8.56. The molecular weight excluding hydrogens is 226 g/mol. The maximum Gasteiger partial charge on any atom is 0.331 e. The molecule has 0 aromatic heterocycles. The number of hydrogen-bond donors (Lipinski definition) is 2. The van der Waals surface area contributed by atoms with Gasteiger partial charge in [-0.1, -0.05) is 49.8 Å². The van der Waals surface area contributed by atoms with Crippen molar-refractivity contribution in [3.05, 3.63) is 47.0 Å². The van der Waals surface area contributed by atoms with Crippen molar-refractivity contribution < 1.29 is 9.90 Å². The lowest BCUT2D eigenvalue weighted by atomic mass is 9.91. The molecule has 0 radical (unpaired) electrons. The predicted octanol–water partition coefficient (Wildman–Crippen LogP) is 2.62. The number of hydrogen-bond acceptors (Lipinski definition) is 2. The molecule has 0 aliphatic carbocycles. The summed E-state index contributed by atoms with van der Waals surface area (Å²) in [6, 6.07) is 9.90.